The molecule has 21 heavy (non-hydrogen) atoms. The van der Waals surface area contributed by atoms with Crippen LogP contribution in [-0.2, 0) is 11.3 Å². The molecule has 1 fully saturated rings. The first-order valence-corrected chi connectivity index (χ1v) is 7.34. The lowest BCUT2D eigenvalue weighted by Crippen LogP contribution is -2.29. The molecule has 0 unspecified atom stereocenters. The number of aromatic nitrogens is 2. The fraction of sp³-hybridized carbons (Fsp3) is 0.375. The lowest BCUT2D eigenvalue weighted by molar-refractivity contribution is -0.125. The fourth-order valence-corrected chi connectivity index (χ4v) is 2.78. The van der Waals surface area contributed by atoms with E-state index in [1.165, 1.54) is 0 Å². The highest BCUT2D eigenvalue weighted by atomic mass is 16.1. The average molecular weight is 284 g/mol. The SMILES string of the molecule is N[C@H]1CC[C@@H](C(=O)NCc2ccc(-n3cccn3)cc2)C1. The van der Waals surface area contributed by atoms with Crippen LogP contribution >= 0.6 is 0 Å². The van der Waals surface area contributed by atoms with E-state index in [-0.39, 0.29) is 17.9 Å². The van der Waals surface area contributed by atoms with Gasteiger partial charge in [0.05, 0.1) is 5.69 Å². The van der Waals surface area contributed by atoms with Gasteiger partial charge in [0.15, 0.2) is 0 Å². The molecule has 0 radical (unpaired) electrons. The Kier molecular flexibility index (Phi) is 4.01. The number of amides is 1. The summed E-state index contributed by atoms with van der Waals surface area (Å²) in [7, 11) is 0. The Balaban J connectivity index is 1.55. The molecule has 2 atom stereocenters. The second-order valence-electron chi connectivity index (χ2n) is 5.60. The van der Waals surface area contributed by atoms with Crippen LogP contribution < -0.4 is 11.1 Å². The van der Waals surface area contributed by atoms with E-state index < -0.39 is 0 Å². The highest BCUT2D eigenvalue weighted by Crippen LogP contribution is 2.24. The number of nitrogens with zero attached hydrogens (tertiary/aromatic N) is 2. The molecule has 1 aliphatic rings. The van der Waals surface area contributed by atoms with Crippen LogP contribution in [0.3, 0.4) is 0 Å². The Hall–Kier alpha value is -2.14. The van der Waals surface area contributed by atoms with Crippen LogP contribution in [0.15, 0.2) is 42.7 Å². The molecule has 1 heterocycles. The molecule has 1 aromatic carbocycles. The van der Waals surface area contributed by atoms with Gasteiger partial charge in [-0.3, -0.25) is 4.79 Å². The van der Waals surface area contributed by atoms with Gasteiger partial charge in [-0.2, -0.15) is 5.10 Å². The molecule has 5 heteroatoms. The number of hydrogen-bond acceptors (Lipinski definition) is 3. The van der Waals surface area contributed by atoms with Crippen molar-refractivity contribution in [2.24, 2.45) is 11.7 Å². The van der Waals surface area contributed by atoms with E-state index in [4.69, 9.17) is 5.73 Å². The first-order valence-electron chi connectivity index (χ1n) is 7.34. The van der Waals surface area contributed by atoms with E-state index in [1.807, 2.05) is 41.2 Å². The summed E-state index contributed by atoms with van der Waals surface area (Å²) in [6.07, 6.45) is 6.33. The monoisotopic (exact) mass is 284 g/mol. The van der Waals surface area contributed by atoms with Crippen molar-refractivity contribution in [3.63, 3.8) is 0 Å². The van der Waals surface area contributed by atoms with Crippen LogP contribution in [0, 0.1) is 5.92 Å². The summed E-state index contributed by atoms with van der Waals surface area (Å²) in [5.41, 5.74) is 7.94. The molecular formula is C16H20N4O. The molecule has 0 bridgehead atoms. The summed E-state index contributed by atoms with van der Waals surface area (Å²) in [6.45, 7) is 0.559. The van der Waals surface area contributed by atoms with Crippen LogP contribution in [0.4, 0.5) is 0 Å². The second kappa shape index (κ2) is 6.10. The van der Waals surface area contributed by atoms with E-state index in [0.29, 0.717) is 6.54 Å². The van der Waals surface area contributed by atoms with E-state index >= 15 is 0 Å². The van der Waals surface area contributed by atoms with Gasteiger partial charge in [0.2, 0.25) is 5.91 Å². The largest absolute Gasteiger partial charge is 0.352 e. The van der Waals surface area contributed by atoms with Crippen molar-refractivity contribution in [2.45, 2.75) is 31.8 Å². The Labute approximate surface area is 124 Å². The molecule has 3 N–H and O–H groups in total. The van der Waals surface area contributed by atoms with E-state index in [9.17, 15) is 4.79 Å². The van der Waals surface area contributed by atoms with E-state index in [1.54, 1.807) is 6.20 Å². The predicted molar refractivity (Wildman–Crippen MR) is 80.7 cm³/mol. The Morgan fingerprint density at radius 2 is 2.14 bits per heavy atom. The van der Waals surface area contributed by atoms with Crippen molar-refractivity contribution in [3.05, 3.63) is 48.3 Å². The first kappa shape index (κ1) is 13.8. The van der Waals surface area contributed by atoms with Gasteiger partial charge < -0.3 is 11.1 Å². The topological polar surface area (TPSA) is 72.9 Å². The molecule has 0 aliphatic heterocycles. The van der Waals surface area contributed by atoms with Gasteiger partial charge in [-0.15, -0.1) is 0 Å². The van der Waals surface area contributed by atoms with Gasteiger partial charge in [0.1, 0.15) is 0 Å². The third kappa shape index (κ3) is 3.31. The molecule has 0 spiro atoms. The fourth-order valence-electron chi connectivity index (χ4n) is 2.78. The van der Waals surface area contributed by atoms with Crippen molar-refractivity contribution in [1.29, 1.82) is 0 Å². The molecule has 1 aromatic heterocycles. The molecule has 2 aromatic rings. The molecule has 1 saturated carbocycles. The highest BCUT2D eigenvalue weighted by Gasteiger charge is 2.27. The quantitative estimate of drug-likeness (QED) is 0.896. The molecule has 0 saturated heterocycles. The van der Waals surface area contributed by atoms with Crippen molar-refractivity contribution >= 4 is 5.91 Å². The number of nitrogens with two attached hydrogens (primary N) is 1. The minimum atomic E-state index is 0.0864. The van der Waals surface area contributed by atoms with Gasteiger partial charge in [-0.1, -0.05) is 12.1 Å². The van der Waals surface area contributed by atoms with Crippen LogP contribution in [0.5, 0.6) is 0 Å². The number of carbonyl (C=O) groups excluding carboxylic acids is 1. The molecule has 1 amide bonds. The van der Waals surface area contributed by atoms with Gasteiger partial charge >= 0.3 is 0 Å². The zero-order chi connectivity index (χ0) is 14.7. The molecule has 5 nitrogen and oxygen atoms in total. The Morgan fingerprint density at radius 1 is 1.33 bits per heavy atom. The highest BCUT2D eigenvalue weighted by molar-refractivity contribution is 5.79. The van der Waals surface area contributed by atoms with Crippen LogP contribution in [0.1, 0.15) is 24.8 Å². The van der Waals surface area contributed by atoms with Gasteiger partial charge in [-0.05, 0) is 43.0 Å². The van der Waals surface area contributed by atoms with Crippen molar-refractivity contribution in [1.82, 2.24) is 15.1 Å². The minimum absolute atomic E-state index is 0.0864. The number of benzene rings is 1. The van der Waals surface area contributed by atoms with Crippen molar-refractivity contribution < 1.29 is 4.79 Å². The average Bonchev–Trinajstić information content (AvgIpc) is 3.16. The minimum Gasteiger partial charge on any atom is -0.352 e. The normalized spacial score (nSPS) is 21.4. The first-order chi connectivity index (χ1) is 10.2. The third-order valence-electron chi connectivity index (χ3n) is 4.02. The summed E-state index contributed by atoms with van der Waals surface area (Å²) in [6, 6.07) is 10.1. The van der Waals surface area contributed by atoms with Crippen molar-refractivity contribution in [3.8, 4) is 5.69 Å². The summed E-state index contributed by atoms with van der Waals surface area (Å²) in [4.78, 5) is 12.0. The summed E-state index contributed by atoms with van der Waals surface area (Å²) in [5.74, 6) is 0.211. The van der Waals surface area contributed by atoms with Crippen LogP contribution in [0.25, 0.3) is 5.69 Å². The zero-order valence-electron chi connectivity index (χ0n) is 11.9. The lowest BCUT2D eigenvalue weighted by Gasteiger charge is -2.11. The molecule has 1 aliphatic carbocycles. The van der Waals surface area contributed by atoms with E-state index in [2.05, 4.69) is 10.4 Å². The maximum Gasteiger partial charge on any atom is 0.223 e. The van der Waals surface area contributed by atoms with Gasteiger partial charge in [0, 0.05) is 30.9 Å². The van der Waals surface area contributed by atoms with Gasteiger partial charge in [-0.25, -0.2) is 4.68 Å². The van der Waals surface area contributed by atoms with Crippen LogP contribution in [0.2, 0.25) is 0 Å². The molecule has 3 rings (SSSR count). The van der Waals surface area contributed by atoms with Crippen molar-refractivity contribution in [2.75, 3.05) is 0 Å². The third-order valence-corrected chi connectivity index (χ3v) is 4.02. The molecular weight excluding hydrogens is 264 g/mol. The number of nitrogens with one attached hydrogen (secondary N) is 1. The second-order valence-corrected chi connectivity index (χ2v) is 5.60. The maximum atomic E-state index is 12.0. The summed E-state index contributed by atoms with van der Waals surface area (Å²) < 4.78 is 1.81. The van der Waals surface area contributed by atoms with E-state index in [0.717, 1.165) is 30.5 Å². The summed E-state index contributed by atoms with van der Waals surface area (Å²) in [5, 5.41) is 7.18. The number of carbonyl (C=O) groups is 1. The molecule has 110 valence electrons. The maximum absolute atomic E-state index is 12.0. The standard InChI is InChI=1S/C16H20N4O/c17-14-5-4-13(10-14)16(21)18-11-12-2-6-15(7-3-12)20-9-1-8-19-20/h1-3,6-9,13-14H,4-5,10-11,17H2,(H,18,21)/t13-,14+/m1/s1. The van der Waals surface area contributed by atoms with Crippen LogP contribution in [-0.4, -0.2) is 21.7 Å². The predicted octanol–water partition coefficient (Wildman–Crippen LogP) is 1.62. The van der Waals surface area contributed by atoms with Gasteiger partial charge in [0.25, 0.3) is 0 Å². The number of rotatable bonds is 4. The zero-order valence-corrected chi connectivity index (χ0v) is 11.9. The number of hydrogen-bond donors (Lipinski definition) is 2. The summed E-state index contributed by atoms with van der Waals surface area (Å²) >= 11 is 0. The Morgan fingerprint density at radius 3 is 2.76 bits per heavy atom. The smallest absolute Gasteiger partial charge is 0.223 e. The Bertz CT molecular complexity index is 591. The lowest BCUT2D eigenvalue weighted by atomic mass is 10.1.